The van der Waals surface area contributed by atoms with Gasteiger partial charge < -0.3 is 10.0 Å². The lowest BCUT2D eigenvalue weighted by atomic mass is 9.85. The molecule has 7 rings (SSSR count). The van der Waals surface area contributed by atoms with Crippen LogP contribution in [0.5, 0.6) is 0 Å². The van der Waals surface area contributed by atoms with Crippen molar-refractivity contribution < 1.29 is 18.7 Å². The van der Waals surface area contributed by atoms with Gasteiger partial charge in [0.2, 0.25) is 0 Å². The molecule has 1 saturated heterocycles. The Bertz CT molecular complexity index is 2340. The number of rotatable bonds is 6. The second-order valence-corrected chi connectivity index (χ2v) is 14.0. The maximum Gasteiger partial charge on any atom is 0.338 e. The molecule has 0 atom stereocenters. The van der Waals surface area contributed by atoms with Crippen molar-refractivity contribution in [2.24, 2.45) is 0 Å². The van der Waals surface area contributed by atoms with E-state index in [2.05, 4.69) is 37.8 Å². The van der Waals surface area contributed by atoms with Crippen LogP contribution in [0.4, 0.5) is 14.6 Å². The minimum absolute atomic E-state index is 0.00986. The van der Waals surface area contributed by atoms with Crippen LogP contribution in [-0.4, -0.2) is 73.6 Å². The van der Waals surface area contributed by atoms with Crippen molar-refractivity contribution in [3.63, 3.8) is 0 Å². The number of alkyl halides is 2. The normalized spacial score (nSPS) is 16.3. The smallest absolute Gasteiger partial charge is 0.338 e. The van der Waals surface area contributed by atoms with Gasteiger partial charge in [0.15, 0.2) is 0 Å². The van der Waals surface area contributed by atoms with E-state index in [9.17, 15) is 28.7 Å². The average molecular weight is 714 g/mol. The first-order valence-corrected chi connectivity index (χ1v) is 17.2. The van der Waals surface area contributed by atoms with Crippen molar-refractivity contribution in [1.82, 2.24) is 24.4 Å². The lowest BCUT2D eigenvalue weighted by Gasteiger charge is -2.46. The van der Waals surface area contributed by atoms with E-state index in [1.807, 2.05) is 11.9 Å². The summed E-state index contributed by atoms with van der Waals surface area (Å²) in [7, 11) is 1.90. The summed E-state index contributed by atoms with van der Waals surface area (Å²) in [5.74, 6) is 3.41. The summed E-state index contributed by atoms with van der Waals surface area (Å²) in [5, 5.41) is 22.1. The lowest BCUT2D eigenvalue weighted by Crippen LogP contribution is -2.55. The number of thiophene rings is 1. The molecule has 0 unspecified atom stereocenters. The fourth-order valence-electron chi connectivity index (χ4n) is 6.90. The largest absolute Gasteiger partial charge is 0.478 e. The van der Waals surface area contributed by atoms with Gasteiger partial charge in [0.1, 0.15) is 23.3 Å². The van der Waals surface area contributed by atoms with Gasteiger partial charge in [-0.1, -0.05) is 23.4 Å². The van der Waals surface area contributed by atoms with E-state index in [1.54, 1.807) is 42.8 Å². The molecule has 1 aliphatic carbocycles. The molecule has 0 radical (unpaired) electrons. The summed E-state index contributed by atoms with van der Waals surface area (Å²) in [4.78, 5) is 43.2. The van der Waals surface area contributed by atoms with Crippen molar-refractivity contribution in [1.29, 1.82) is 5.26 Å². The maximum absolute atomic E-state index is 14.0. The SMILES string of the molecule is Cc1nc2cnc(N3CCC(N(C)C4CC(F)(F)C4)CC3)c(C#N)c2c(=O)n1CC#Cc1ccc(Cl)cc1-c1ccnc2c(C(=O)O)csc12. The number of anilines is 1. The van der Waals surface area contributed by atoms with Crippen LogP contribution < -0.4 is 10.5 Å². The number of aromatic carboxylic acids is 1. The zero-order valence-corrected chi connectivity index (χ0v) is 28.7. The average Bonchev–Trinajstić information content (AvgIpc) is 3.53. The Morgan fingerprint density at radius 2 is 1.94 bits per heavy atom. The van der Waals surface area contributed by atoms with Gasteiger partial charge in [0.05, 0.1) is 39.4 Å². The van der Waals surface area contributed by atoms with Gasteiger partial charge in [-0.2, -0.15) is 5.26 Å². The van der Waals surface area contributed by atoms with Gasteiger partial charge in [-0.3, -0.25) is 19.2 Å². The Morgan fingerprint density at radius 1 is 1.18 bits per heavy atom. The third-order valence-corrected chi connectivity index (χ3v) is 10.9. The second kappa shape index (κ2) is 13.1. The Balaban J connectivity index is 1.17. The molecular formula is C36H30ClF2N7O3S. The van der Waals surface area contributed by atoms with Gasteiger partial charge in [-0.15, -0.1) is 11.3 Å². The Labute approximate surface area is 294 Å². The number of aromatic nitrogens is 4. The third kappa shape index (κ3) is 6.06. The van der Waals surface area contributed by atoms with Crippen molar-refractivity contribution in [3.05, 3.63) is 79.9 Å². The van der Waals surface area contributed by atoms with Crippen LogP contribution in [0.3, 0.4) is 0 Å². The Hall–Kier alpha value is -4.95. The molecular weight excluding hydrogens is 684 g/mol. The van der Waals surface area contributed by atoms with E-state index in [-0.39, 0.29) is 48.0 Å². The highest BCUT2D eigenvalue weighted by atomic mass is 35.5. The fraction of sp³-hybridized carbons (Fsp3) is 0.333. The number of aryl methyl sites for hydroxylation is 1. The first-order chi connectivity index (χ1) is 24.0. The number of nitrogens with zero attached hydrogens (tertiary/aromatic N) is 7. The van der Waals surface area contributed by atoms with Crippen molar-refractivity contribution in [2.75, 3.05) is 25.0 Å². The number of carbonyl (C=O) groups is 1. The van der Waals surface area contributed by atoms with E-state index in [4.69, 9.17) is 11.6 Å². The van der Waals surface area contributed by atoms with Crippen LogP contribution >= 0.6 is 22.9 Å². The molecule has 0 spiro atoms. The first kappa shape index (κ1) is 33.5. The molecule has 50 heavy (non-hydrogen) atoms. The van der Waals surface area contributed by atoms with Crippen LogP contribution in [0.2, 0.25) is 5.02 Å². The Morgan fingerprint density at radius 3 is 2.64 bits per heavy atom. The molecule has 1 aromatic carbocycles. The summed E-state index contributed by atoms with van der Waals surface area (Å²) in [5.41, 5.74) is 2.60. The predicted molar refractivity (Wildman–Crippen MR) is 188 cm³/mol. The van der Waals surface area contributed by atoms with Gasteiger partial charge in [-0.05, 0) is 51.1 Å². The van der Waals surface area contributed by atoms with E-state index in [1.165, 1.54) is 22.1 Å². The van der Waals surface area contributed by atoms with Crippen LogP contribution in [0.25, 0.3) is 32.2 Å². The molecule has 254 valence electrons. The summed E-state index contributed by atoms with van der Waals surface area (Å²) in [6, 6.07) is 9.24. The molecule has 5 heterocycles. The van der Waals surface area contributed by atoms with Crippen LogP contribution in [0.1, 0.15) is 53.0 Å². The van der Waals surface area contributed by atoms with Crippen LogP contribution in [0, 0.1) is 30.1 Å². The predicted octanol–water partition coefficient (Wildman–Crippen LogP) is 6.35. The molecule has 0 bridgehead atoms. The van der Waals surface area contributed by atoms with Gasteiger partial charge in [-0.25, -0.2) is 23.5 Å². The number of hydrogen-bond donors (Lipinski definition) is 1. The number of halogens is 3. The number of hydrogen-bond acceptors (Lipinski definition) is 9. The number of fused-ring (bicyclic) bond motifs is 2. The monoisotopic (exact) mass is 713 g/mol. The number of nitriles is 1. The highest BCUT2D eigenvalue weighted by Crippen LogP contribution is 2.42. The minimum Gasteiger partial charge on any atom is -0.478 e. The molecule has 2 fully saturated rings. The van der Waals surface area contributed by atoms with Crippen molar-refractivity contribution in [3.8, 4) is 29.0 Å². The second-order valence-electron chi connectivity index (χ2n) is 12.7. The molecule has 1 aliphatic heterocycles. The number of carboxylic acids is 1. The fourth-order valence-corrected chi connectivity index (χ4v) is 8.10. The molecule has 2 aliphatic rings. The standard InChI is InChI=1S/C36H30ClF2N7O3S/c1-20-43-29-18-42-33(45-12-8-23(9-13-45)44(2)24-15-36(38,39)16-24)27(17-40)30(29)34(47)46(20)11-3-4-21-5-6-22(37)14-26(21)25-7-10-41-31-28(35(48)49)19-50-32(25)31/h5-7,10,14,18-19,23-24H,8-9,11-13,15-16H2,1-2H3,(H,48,49). The summed E-state index contributed by atoms with van der Waals surface area (Å²) < 4.78 is 29.1. The summed E-state index contributed by atoms with van der Waals surface area (Å²) in [6.07, 6.45) is 4.28. The van der Waals surface area contributed by atoms with E-state index in [0.717, 1.165) is 18.4 Å². The van der Waals surface area contributed by atoms with Crippen molar-refractivity contribution >= 4 is 55.8 Å². The molecule has 10 nitrogen and oxygen atoms in total. The zero-order chi connectivity index (χ0) is 35.3. The maximum atomic E-state index is 14.0. The summed E-state index contributed by atoms with van der Waals surface area (Å²) in [6.45, 7) is 2.82. The topological polar surface area (TPSA) is 128 Å². The number of pyridine rings is 2. The molecule has 1 saturated carbocycles. The highest BCUT2D eigenvalue weighted by molar-refractivity contribution is 7.18. The lowest BCUT2D eigenvalue weighted by molar-refractivity contribution is -0.127. The number of benzene rings is 1. The van der Waals surface area contributed by atoms with E-state index in [0.29, 0.717) is 56.6 Å². The third-order valence-electron chi connectivity index (χ3n) is 9.68. The molecule has 0 amide bonds. The quantitative estimate of drug-likeness (QED) is 0.200. The van der Waals surface area contributed by atoms with Crippen LogP contribution in [0.15, 0.2) is 46.8 Å². The Kier molecular flexibility index (Phi) is 8.76. The number of carboxylic acid groups (broad SMARTS) is 1. The summed E-state index contributed by atoms with van der Waals surface area (Å²) >= 11 is 7.65. The van der Waals surface area contributed by atoms with Crippen LogP contribution in [-0.2, 0) is 6.54 Å². The highest BCUT2D eigenvalue weighted by Gasteiger charge is 2.48. The molecule has 1 N–H and O–H groups in total. The minimum atomic E-state index is -2.58. The van der Waals surface area contributed by atoms with E-state index >= 15 is 0 Å². The zero-order valence-electron chi connectivity index (χ0n) is 27.1. The van der Waals surface area contributed by atoms with E-state index < -0.39 is 17.5 Å². The van der Waals surface area contributed by atoms with Gasteiger partial charge in [0, 0.05) is 71.3 Å². The molecule has 5 aromatic rings. The van der Waals surface area contributed by atoms with Gasteiger partial charge in [0.25, 0.3) is 11.5 Å². The van der Waals surface area contributed by atoms with Gasteiger partial charge >= 0.3 is 5.97 Å². The van der Waals surface area contributed by atoms with Crippen molar-refractivity contribution in [2.45, 2.75) is 57.2 Å². The molecule has 14 heteroatoms. The molecule has 4 aromatic heterocycles. The number of piperidine rings is 1. The first-order valence-electron chi connectivity index (χ1n) is 16.0.